The van der Waals surface area contributed by atoms with Crippen LogP contribution < -0.4 is 4.74 Å². The Hall–Kier alpha value is -2.45. The first-order valence-corrected chi connectivity index (χ1v) is 11.8. The lowest BCUT2D eigenvalue weighted by molar-refractivity contribution is 0.0818. The molecule has 0 saturated carbocycles. The molecule has 1 saturated heterocycles. The minimum Gasteiger partial charge on any atom is -0.472 e. The first-order valence-electron chi connectivity index (χ1n) is 10.3. The lowest BCUT2D eigenvalue weighted by Gasteiger charge is -2.20. The van der Waals surface area contributed by atoms with Crippen LogP contribution in [0.2, 0.25) is 0 Å². The lowest BCUT2D eigenvalue weighted by Crippen LogP contribution is -2.31. The van der Waals surface area contributed by atoms with Crippen molar-refractivity contribution >= 4 is 15.9 Å². The van der Waals surface area contributed by atoms with Crippen LogP contribution in [0.5, 0.6) is 5.88 Å². The number of aryl methyl sites for hydroxylation is 2. The zero-order valence-electron chi connectivity index (χ0n) is 17.4. The number of carbonyl (C=O) groups is 1. The number of amides is 1. The Labute approximate surface area is 177 Å². The number of rotatable bonds is 5. The van der Waals surface area contributed by atoms with E-state index in [-0.39, 0.29) is 24.4 Å². The maximum atomic E-state index is 13.2. The minimum absolute atomic E-state index is 0.199. The Morgan fingerprint density at radius 1 is 1.17 bits per heavy atom. The molecule has 1 unspecified atom stereocenters. The van der Waals surface area contributed by atoms with Gasteiger partial charge in [0.05, 0.1) is 11.4 Å². The minimum atomic E-state index is -3.58. The van der Waals surface area contributed by atoms with Gasteiger partial charge < -0.3 is 9.64 Å². The number of carbonyl (C=O) groups excluding carboxylic acids is 1. The fourth-order valence-corrected chi connectivity index (χ4v) is 5.62. The Bertz CT molecular complexity index is 1050. The summed E-state index contributed by atoms with van der Waals surface area (Å²) in [5.74, 6) is 0.0452. The number of pyridine rings is 1. The van der Waals surface area contributed by atoms with Gasteiger partial charge in [-0.1, -0.05) is 6.07 Å². The standard InChI is InChI=1S/C22H27N3O4S/c1-24(2)22(26)20-8-5-12-23-21(20)29-18-11-13-25(15-18)30(27,28)19-10-9-16-6-3-4-7-17(16)14-19/h5,8-10,12,14,18H,3-4,6-7,11,13,15H2,1-2H3. The van der Waals surface area contributed by atoms with Gasteiger partial charge in [0.15, 0.2) is 0 Å². The second-order valence-corrected chi connectivity index (χ2v) is 10.0. The van der Waals surface area contributed by atoms with E-state index in [2.05, 4.69) is 4.98 Å². The van der Waals surface area contributed by atoms with Crippen LogP contribution in [0.3, 0.4) is 0 Å². The van der Waals surface area contributed by atoms with Crippen LogP contribution in [0.15, 0.2) is 41.4 Å². The average molecular weight is 430 g/mol. The van der Waals surface area contributed by atoms with Gasteiger partial charge in [0.2, 0.25) is 15.9 Å². The Morgan fingerprint density at radius 2 is 1.93 bits per heavy atom. The van der Waals surface area contributed by atoms with Crippen molar-refractivity contribution in [2.45, 2.75) is 43.1 Å². The Balaban J connectivity index is 1.49. The molecule has 2 aromatic rings. The highest BCUT2D eigenvalue weighted by atomic mass is 32.2. The van der Waals surface area contributed by atoms with Crippen molar-refractivity contribution in [1.29, 1.82) is 0 Å². The quantitative estimate of drug-likeness (QED) is 0.730. The summed E-state index contributed by atoms with van der Waals surface area (Å²) in [6, 6.07) is 8.87. The summed E-state index contributed by atoms with van der Waals surface area (Å²) < 4.78 is 33.8. The number of benzene rings is 1. The number of aromatic nitrogens is 1. The summed E-state index contributed by atoms with van der Waals surface area (Å²) >= 11 is 0. The van der Waals surface area contributed by atoms with Crippen molar-refractivity contribution in [3.8, 4) is 5.88 Å². The number of nitrogens with zero attached hydrogens (tertiary/aromatic N) is 3. The molecule has 1 fully saturated rings. The van der Waals surface area contributed by atoms with Crippen LogP contribution in [-0.4, -0.2) is 61.8 Å². The van der Waals surface area contributed by atoms with E-state index in [9.17, 15) is 13.2 Å². The lowest BCUT2D eigenvalue weighted by atomic mass is 9.92. The van der Waals surface area contributed by atoms with E-state index in [4.69, 9.17) is 4.74 Å². The molecule has 0 bridgehead atoms. The van der Waals surface area contributed by atoms with E-state index in [1.807, 2.05) is 12.1 Å². The van der Waals surface area contributed by atoms with E-state index in [1.54, 1.807) is 38.5 Å². The molecular weight excluding hydrogens is 402 g/mol. The number of hydrogen-bond donors (Lipinski definition) is 0. The molecule has 0 spiro atoms. The van der Waals surface area contributed by atoms with Gasteiger partial charge in [-0.3, -0.25) is 4.79 Å². The highest BCUT2D eigenvalue weighted by molar-refractivity contribution is 7.89. The van der Waals surface area contributed by atoms with Gasteiger partial charge >= 0.3 is 0 Å². The third-order valence-electron chi connectivity index (χ3n) is 5.75. The molecule has 7 nitrogen and oxygen atoms in total. The van der Waals surface area contributed by atoms with Gasteiger partial charge in [0.1, 0.15) is 11.7 Å². The summed E-state index contributed by atoms with van der Waals surface area (Å²) in [6.07, 6.45) is 6.00. The van der Waals surface area contributed by atoms with Crippen LogP contribution in [0.4, 0.5) is 0 Å². The molecule has 4 rings (SSSR count). The Morgan fingerprint density at radius 3 is 2.70 bits per heavy atom. The largest absolute Gasteiger partial charge is 0.472 e. The van der Waals surface area contributed by atoms with Gasteiger partial charge in [-0.05, 0) is 67.5 Å². The molecule has 1 amide bonds. The average Bonchev–Trinajstić information content (AvgIpc) is 3.22. The molecule has 30 heavy (non-hydrogen) atoms. The summed E-state index contributed by atoms with van der Waals surface area (Å²) in [7, 11) is -0.243. The molecule has 160 valence electrons. The SMILES string of the molecule is CN(C)C(=O)c1cccnc1OC1CCN(S(=O)(=O)c2ccc3c(c2)CCCC3)C1. The van der Waals surface area contributed by atoms with E-state index in [1.165, 1.54) is 14.8 Å². The van der Waals surface area contributed by atoms with E-state index in [0.29, 0.717) is 23.4 Å². The Kier molecular flexibility index (Phi) is 5.79. The van der Waals surface area contributed by atoms with Crippen molar-refractivity contribution < 1.29 is 17.9 Å². The normalized spacial score (nSPS) is 19.3. The molecule has 8 heteroatoms. The van der Waals surface area contributed by atoms with Crippen LogP contribution in [-0.2, 0) is 22.9 Å². The predicted molar refractivity (Wildman–Crippen MR) is 113 cm³/mol. The van der Waals surface area contributed by atoms with Crippen molar-refractivity contribution in [3.05, 3.63) is 53.2 Å². The van der Waals surface area contributed by atoms with E-state index >= 15 is 0 Å². The van der Waals surface area contributed by atoms with Gasteiger partial charge in [-0.15, -0.1) is 0 Å². The van der Waals surface area contributed by atoms with Gasteiger partial charge in [-0.2, -0.15) is 4.31 Å². The molecule has 1 atom stereocenters. The van der Waals surface area contributed by atoms with Crippen LogP contribution in [0.1, 0.15) is 40.7 Å². The maximum absolute atomic E-state index is 13.2. The summed E-state index contributed by atoms with van der Waals surface area (Å²) in [4.78, 5) is 18.4. The first-order chi connectivity index (χ1) is 14.4. The second kappa shape index (κ2) is 8.35. The predicted octanol–water partition coefficient (Wildman–Crippen LogP) is 2.50. The van der Waals surface area contributed by atoms with Gasteiger partial charge in [0, 0.05) is 26.8 Å². The zero-order valence-corrected chi connectivity index (χ0v) is 18.2. The molecule has 1 aromatic heterocycles. The zero-order chi connectivity index (χ0) is 21.3. The maximum Gasteiger partial charge on any atom is 0.258 e. The highest BCUT2D eigenvalue weighted by Crippen LogP contribution is 2.28. The molecule has 1 aliphatic heterocycles. The molecule has 1 aliphatic carbocycles. The summed E-state index contributed by atoms with van der Waals surface area (Å²) in [6.45, 7) is 0.624. The fraction of sp³-hybridized carbons (Fsp3) is 0.455. The molecule has 2 heterocycles. The summed E-state index contributed by atoms with van der Waals surface area (Å²) in [5.41, 5.74) is 2.78. The third-order valence-corrected chi connectivity index (χ3v) is 7.61. The number of fused-ring (bicyclic) bond motifs is 1. The fourth-order valence-electron chi connectivity index (χ4n) is 4.08. The van der Waals surface area contributed by atoms with Crippen LogP contribution in [0, 0.1) is 0 Å². The molecular formula is C22H27N3O4S. The van der Waals surface area contributed by atoms with Crippen LogP contribution >= 0.6 is 0 Å². The number of hydrogen-bond acceptors (Lipinski definition) is 5. The first kappa shape index (κ1) is 20.8. The van der Waals surface area contributed by atoms with Gasteiger partial charge in [-0.25, -0.2) is 13.4 Å². The van der Waals surface area contributed by atoms with Crippen molar-refractivity contribution in [2.75, 3.05) is 27.2 Å². The number of ether oxygens (including phenoxy) is 1. The molecule has 0 N–H and O–H groups in total. The molecule has 2 aliphatic rings. The second-order valence-electron chi connectivity index (χ2n) is 8.08. The highest BCUT2D eigenvalue weighted by Gasteiger charge is 2.35. The summed E-state index contributed by atoms with van der Waals surface area (Å²) in [5, 5.41) is 0. The molecule has 1 aromatic carbocycles. The van der Waals surface area contributed by atoms with E-state index < -0.39 is 10.0 Å². The van der Waals surface area contributed by atoms with Crippen molar-refractivity contribution in [3.63, 3.8) is 0 Å². The molecule has 0 radical (unpaired) electrons. The van der Waals surface area contributed by atoms with E-state index in [0.717, 1.165) is 31.2 Å². The third kappa shape index (κ3) is 4.06. The van der Waals surface area contributed by atoms with Crippen molar-refractivity contribution in [2.24, 2.45) is 0 Å². The van der Waals surface area contributed by atoms with Crippen molar-refractivity contribution in [1.82, 2.24) is 14.2 Å². The number of sulfonamides is 1. The smallest absolute Gasteiger partial charge is 0.258 e. The topological polar surface area (TPSA) is 79.8 Å². The monoisotopic (exact) mass is 429 g/mol. The van der Waals surface area contributed by atoms with Crippen LogP contribution in [0.25, 0.3) is 0 Å². The van der Waals surface area contributed by atoms with Gasteiger partial charge in [0.25, 0.3) is 5.91 Å².